The number of carbonyl (C=O) groups excluding carboxylic acids is 1. The van der Waals surface area contributed by atoms with Crippen molar-refractivity contribution in [2.24, 2.45) is 0 Å². The largest absolute Gasteiger partial charge is 0.335 e. The molecule has 2 rings (SSSR count). The highest BCUT2D eigenvalue weighted by atomic mass is 32.2. The summed E-state index contributed by atoms with van der Waals surface area (Å²) in [5, 5.41) is 1.40. The van der Waals surface area contributed by atoms with Crippen LogP contribution < -0.4 is 10.0 Å². The molecule has 0 saturated heterocycles. The molecule has 146 valence electrons. The van der Waals surface area contributed by atoms with E-state index in [0.717, 1.165) is 6.07 Å². The highest BCUT2D eigenvalue weighted by Gasteiger charge is 2.29. The smallest absolute Gasteiger partial charge is 0.275 e. The topological polar surface area (TPSA) is 135 Å². The average Bonchev–Trinajstić information content (AvgIpc) is 2.53. The summed E-state index contributed by atoms with van der Waals surface area (Å²) in [6.07, 6.45) is 0. The van der Waals surface area contributed by atoms with Gasteiger partial charge >= 0.3 is 6.03 Å². The third-order valence-electron chi connectivity index (χ3n) is 3.50. The number of hydrogen-bond acceptors (Lipinski definition) is 7. The van der Waals surface area contributed by atoms with Gasteiger partial charge in [0.15, 0.2) is 9.84 Å². The van der Waals surface area contributed by atoms with E-state index in [1.54, 1.807) is 24.6 Å². The lowest BCUT2D eigenvalue weighted by molar-refractivity contribution is 0.256. The van der Waals surface area contributed by atoms with Crippen LogP contribution in [0.2, 0.25) is 0 Å². The Balaban J connectivity index is 2.33. The van der Waals surface area contributed by atoms with Crippen LogP contribution in [0.5, 0.6) is 0 Å². The molecule has 0 fully saturated rings. The molecule has 0 atom stereocenters. The first-order chi connectivity index (χ1) is 12.4. The summed E-state index contributed by atoms with van der Waals surface area (Å²) in [5.74, 6) is -0.0664. The van der Waals surface area contributed by atoms with Gasteiger partial charge in [-0.3, -0.25) is 5.32 Å². The number of hydrogen-bond donors (Lipinski definition) is 2. The van der Waals surface area contributed by atoms with Gasteiger partial charge in [0.25, 0.3) is 10.0 Å². The lowest BCUT2D eigenvalue weighted by Crippen LogP contribution is -2.36. The van der Waals surface area contributed by atoms with Crippen molar-refractivity contribution >= 4 is 31.8 Å². The fraction of sp³-hybridized carbons (Fsp3) is 0.312. The van der Waals surface area contributed by atoms with Gasteiger partial charge in [0, 0.05) is 11.4 Å². The maximum Gasteiger partial charge on any atom is 0.335 e. The molecule has 11 heteroatoms. The van der Waals surface area contributed by atoms with Crippen molar-refractivity contribution in [3.8, 4) is 0 Å². The van der Waals surface area contributed by atoms with Gasteiger partial charge in [0.2, 0.25) is 5.95 Å². The number of sulfonamides is 1. The van der Waals surface area contributed by atoms with E-state index in [-0.39, 0.29) is 10.8 Å². The van der Waals surface area contributed by atoms with E-state index in [4.69, 9.17) is 0 Å². The summed E-state index contributed by atoms with van der Waals surface area (Å²) in [4.78, 5) is 19.2. The van der Waals surface area contributed by atoms with Crippen LogP contribution >= 0.6 is 0 Å². The number of benzene rings is 1. The molecule has 0 bridgehead atoms. The highest BCUT2D eigenvalue weighted by Crippen LogP contribution is 2.24. The molecular formula is C16H20N4O5S2. The van der Waals surface area contributed by atoms with Crippen LogP contribution in [0.4, 0.5) is 10.7 Å². The Labute approximate surface area is 158 Å². The molecule has 1 aromatic heterocycles. The van der Waals surface area contributed by atoms with Gasteiger partial charge in [-0.2, -0.15) is 0 Å². The SMILES string of the molecule is Cc1cc(C)nc(NC(=O)NS(=O)(=O)c2ccccc2S(=O)(=O)C(C)C)n1. The van der Waals surface area contributed by atoms with E-state index in [1.807, 2.05) is 0 Å². The van der Waals surface area contributed by atoms with Crippen molar-refractivity contribution < 1.29 is 21.6 Å². The first-order valence-electron chi connectivity index (χ1n) is 7.92. The Morgan fingerprint density at radius 2 is 1.48 bits per heavy atom. The normalized spacial score (nSPS) is 12.0. The molecule has 0 spiro atoms. The van der Waals surface area contributed by atoms with Crippen LogP contribution in [0.25, 0.3) is 0 Å². The van der Waals surface area contributed by atoms with E-state index < -0.39 is 36.0 Å². The standard InChI is InChI=1S/C16H20N4O5S2/c1-10(2)26(22,23)13-7-5-6-8-14(13)27(24,25)20-16(21)19-15-17-11(3)9-12(4)18-15/h5-10H,1-4H3,(H2,17,18,19,20,21). The molecule has 2 aromatic rings. The molecular weight excluding hydrogens is 392 g/mol. The van der Waals surface area contributed by atoms with Gasteiger partial charge in [0.1, 0.15) is 4.90 Å². The third-order valence-corrected chi connectivity index (χ3v) is 7.23. The van der Waals surface area contributed by atoms with Crippen molar-refractivity contribution in [2.45, 2.75) is 42.7 Å². The number of anilines is 1. The Morgan fingerprint density at radius 3 is 2.00 bits per heavy atom. The minimum atomic E-state index is -4.44. The van der Waals surface area contributed by atoms with E-state index in [1.165, 1.54) is 32.0 Å². The second kappa shape index (κ2) is 7.61. The number of aromatic nitrogens is 2. The van der Waals surface area contributed by atoms with Gasteiger partial charge in [-0.15, -0.1) is 0 Å². The Hall–Kier alpha value is -2.53. The molecule has 0 saturated carbocycles. The number of urea groups is 1. The summed E-state index contributed by atoms with van der Waals surface area (Å²) in [6, 6.07) is 5.69. The minimum Gasteiger partial charge on any atom is -0.275 e. The van der Waals surface area contributed by atoms with Gasteiger partial charge in [-0.25, -0.2) is 36.3 Å². The van der Waals surface area contributed by atoms with E-state index >= 15 is 0 Å². The van der Waals surface area contributed by atoms with Gasteiger partial charge in [-0.05, 0) is 45.9 Å². The minimum absolute atomic E-state index is 0.0664. The maximum absolute atomic E-state index is 12.6. The Bertz CT molecular complexity index is 1060. The summed E-state index contributed by atoms with van der Waals surface area (Å²) in [5.41, 5.74) is 1.18. The molecule has 0 unspecified atom stereocenters. The van der Waals surface area contributed by atoms with Crippen molar-refractivity contribution in [2.75, 3.05) is 5.32 Å². The molecule has 27 heavy (non-hydrogen) atoms. The molecule has 2 amide bonds. The predicted octanol–water partition coefficient (Wildman–Crippen LogP) is 1.79. The number of aryl methyl sites for hydroxylation is 2. The van der Waals surface area contributed by atoms with Crippen LogP contribution in [0.15, 0.2) is 40.1 Å². The second-order valence-electron chi connectivity index (χ2n) is 6.07. The lowest BCUT2D eigenvalue weighted by atomic mass is 10.4. The summed E-state index contributed by atoms with van der Waals surface area (Å²) in [6.45, 7) is 6.27. The number of sulfone groups is 1. The molecule has 0 aliphatic heterocycles. The summed E-state index contributed by atoms with van der Waals surface area (Å²) < 4.78 is 51.8. The van der Waals surface area contributed by atoms with Crippen LogP contribution in [0.1, 0.15) is 25.2 Å². The van der Waals surface area contributed by atoms with Crippen LogP contribution in [-0.2, 0) is 19.9 Å². The fourth-order valence-corrected chi connectivity index (χ4v) is 5.04. The Kier molecular flexibility index (Phi) is 5.85. The fourth-order valence-electron chi connectivity index (χ4n) is 2.25. The molecule has 9 nitrogen and oxygen atoms in total. The average molecular weight is 412 g/mol. The predicted molar refractivity (Wildman–Crippen MR) is 99.6 cm³/mol. The van der Waals surface area contributed by atoms with Crippen molar-refractivity contribution in [3.05, 3.63) is 41.7 Å². The van der Waals surface area contributed by atoms with Crippen molar-refractivity contribution in [1.29, 1.82) is 0 Å². The number of carbonyl (C=O) groups is 1. The second-order valence-corrected chi connectivity index (χ2v) is 10.2. The monoisotopic (exact) mass is 412 g/mol. The zero-order valence-corrected chi connectivity index (χ0v) is 16.8. The summed E-state index contributed by atoms with van der Waals surface area (Å²) in [7, 11) is -8.32. The molecule has 0 aliphatic rings. The number of nitrogens with zero attached hydrogens (tertiary/aromatic N) is 2. The zero-order valence-electron chi connectivity index (χ0n) is 15.2. The molecule has 0 radical (unpaired) electrons. The van der Waals surface area contributed by atoms with Crippen LogP contribution in [0.3, 0.4) is 0 Å². The first kappa shape index (κ1) is 20.8. The molecule has 1 heterocycles. The van der Waals surface area contributed by atoms with Gasteiger partial charge in [-0.1, -0.05) is 12.1 Å². The van der Waals surface area contributed by atoms with E-state index in [0.29, 0.717) is 11.4 Å². The van der Waals surface area contributed by atoms with Crippen molar-refractivity contribution in [3.63, 3.8) is 0 Å². The Morgan fingerprint density at radius 1 is 0.963 bits per heavy atom. The third kappa shape index (κ3) is 4.80. The van der Waals surface area contributed by atoms with Crippen LogP contribution in [0, 0.1) is 13.8 Å². The van der Waals surface area contributed by atoms with E-state index in [2.05, 4.69) is 15.3 Å². The first-order valence-corrected chi connectivity index (χ1v) is 11.0. The number of nitrogens with one attached hydrogen (secondary N) is 2. The maximum atomic E-state index is 12.6. The van der Waals surface area contributed by atoms with Crippen molar-refractivity contribution in [1.82, 2.24) is 14.7 Å². The van der Waals surface area contributed by atoms with E-state index in [9.17, 15) is 21.6 Å². The van der Waals surface area contributed by atoms with Gasteiger partial charge < -0.3 is 0 Å². The molecule has 0 aliphatic carbocycles. The molecule has 1 aromatic carbocycles. The lowest BCUT2D eigenvalue weighted by Gasteiger charge is -2.14. The summed E-state index contributed by atoms with van der Waals surface area (Å²) >= 11 is 0. The quantitative estimate of drug-likeness (QED) is 0.764. The zero-order chi connectivity index (χ0) is 20.4. The number of amides is 2. The highest BCUT2D eigenvalue weighted by molar-refractivity contribution is 7.94. The molecule has 2 N–H and O–H groups in total. The number of rotatable bonds is 5. The van der Waals surface area contributed by atoms with Gasteiger partial charge in [0.05, 0.1) is 10.1 Å². The van der Waals surface area contributed by atoms with Crippen LogP contribution in [-0.4, -0.2) is 38.1 Å².